The van der Waals surface area contributed by atoms with Crippen molar-refractivity contribution in [2.24, 2.45) is 5.92 Å². The summed E-state index contributed by atoms with van der Waals surface area (Å²) in [5.74, 6) is -0.438. The molecule has 0 saturated carbocycles. The maximum absolute atomic E-state index is 12.9. The SMILES string of the molecule is CC[C@H](C)[C@@H](C(=O)O)N1C(=O)/C(=C/c2ccc(-c3ccc(OC)c(OC)c3)nc2)SC1=S. The molecule has 1 aliphatic rings. The predicted molar refractivity (Wildman–Crippen MR) is 129 cm³/mol. The number of aliphatic carboxylic acids is 1. The van der Waals surface area contributed by atoms with Crippen molar-refractivity contribution in [2.75, 3.05) is 14.2 Å². The standard InChI is InChI=1S/C23H24N2O5S2/c1-5-13(2)20(22(27)28)25-21(26)19(32-23(25)31)10-14-6-8-16(24-12-14)15-7-9-17(29-3)18(11-15)30-4/h6-13,20H,5H2,1-4H3,(H,27,28)/b19-10-/t13-,20-/m0/s1. The molecule has 9 heteroatoms. The Balaban J connectivity index is 1.84. The molecule has 2 aromatic rings. The Kier molecular flexibility index (Phi) is 7.52. The molecule has 0 bridgehead atoms. The first-order valence-electron chi connectivity index (χ1n) is 9.99. The van der Waals surface area contributed by atoms with Gasteiger partial charge in [0.05, 0.1) is 24.8 Å². The summed E-state index contributed by atoms with van der Waals surface area (Å²) in [5, 5.41) is 9.65. The van der Waals surface area contributed by atoms with Crippen LogP contribution >= 0.6 is 24.0 Å². The van der Waals surface area contributed by atoms with Crippen molar-refractivity contribution in [1.82, 2.24) is 9.88 Å². The number of rotatable bonds is 8. The molecule has 1 amide bonds. The number of nitrogens with zero attached hydrogens (tertiary/aromatic N) is 2. The molecule has 0 unspecified atom stereocenters. The van der Waals surface area contributed by atoms with Crippen LogP contribution in [0.1, 0.15) is 25.8 Å². The van der Waals surface area contributed by atoms with Gasteiger partial charge in [-0.3, -0.25) is 14.7 Å². The minimum absolute atomic E-state index is 0.225. The van der Waals surface area contributed by atoms with E-state index in [0.717, 1.165) is 23.0 Å². The van der Waals surface area contributed by atoms with Crippen LogP contribution in [0.5, 0.6) is 11.5 Å². The van der Waals surface area contributed by atoms with Gasteiger partial charge in [0.1, 0.15) is 10.4 Å². The van der Waals surface area contributed by atoms with Gasteiger partial charge in [-0.25, -0.2) is 4.79 Å². The van der Waals surface area contributed by atoms with E-state index in [2.05, 4.69) is 4.98 Å². The van der Waals surface area contributed by atoms with Crippen LogP contribution in [0.3, 0.4) is 0 Å². The molecular formula is C23H24N2O5S2. The summed E-state index contributed by atoms with van der Waals surface area (Å²) in [7, 11) is 3.15. The van der Waals surface area contributed by atoms with Gasteiger partial charge in [0.15, 0.2) is 11.5 Å². The molecule has 1 fully saturated rings. The smallest absolute Gasteiger partial charge is 0.327 e. The quantitative estimate of drug-likeness (QED) is 0.445. The summed E-state index contributed by atoms with van der Waals surface area (Å²) in [5.41, 5.74) is 2.31. The van der Waals surface area contributed by atoms with E-state index in [4.69, 9.17) is 21.7 Å². The van der Waals surface area contributed by atoms with Crippen LogP contribution in [0, 0.1) is 5.92 Å². The second kappa shape index (κ2) is 10.1. The topological polar surface area (TPSA) is 89.0 Å². The minimum atomic E-state index is -1.06. The Bertz CT molecular complexity index is 1070. The van der Waals surface area contributed by atoms with Crippen molar-refractivity contribution in [3.05, 3.63) is 47.0 Å². The van der Waals surface area contributed by atoms with E-state index < -0.39 is 17.9 Å². The number of carboxylic acids is 1. The van der Waals surface area contributed by atoms with Gasteiger partial charge in [0.25, 0.3) is 5.91 Å². The maximum Gasteiger partial charge on any atom is 0.327 e. The molecule has 0 aliphatic carbocycles. The summed E-state index contributed by atoms with van der Waals surface area (Å²) >= 11 is 6.44. The number of thiocarbonyl (C=S) groups is 1. The number of thioether (sulfide) groups is 1. The number of pyridine rings is 1. The lowest BCUT2D eigenvalue weighted by atomic mass is 9.98. The van der Waals surface area contributed by atoms with E-state index in [1.165, 1.54) is 4.90 Å². The number of amides is 1. The zero-order chi connectivity index (χ0) is 23.4. The third kappa shape index (κ3) is 4.78. The highest BCUT2D eigenvalue weighted by Crippen LogP contribution is 2.36. The number of aromatic nitrogens is 1. The van der Waals surface area contributed by atoms with E-state index in [1.54, 1.807) is 33.4 Å². The van der Waals surface area contributed by atoms with Gasteiger partial charge < -0.3 is 14.6 Å². The lowest BCUT2D eigenvalue weighted by molar-refractivity contribution is -0.147. The number of benzene rings is 1. The van der Waals surface area contributed by atoms with Crippen LogP contribution in [-0.2, 0) is 9.59 Å². The Labute approximate surface area is 196 Å². The Morgan fingerprint density at radius 2 is 1.97 bits per heavy atom. The van der Waals surface area contributed by atoms with Crippen molar-refractivity contribution in [2.45, 2.75) is 26.3 Å². The first-order chi connectivity index (χ1) is 15.3. The monoisotopic (exact) mass is 472 g/mol. The van der Waals surface area contributed by atoms with Crippen LogP contribution in [0.15, 0.2) is 41.4 Å². The zero-order valence-electron chi connectivity index (χ0n) is 18.2. The molecule has 1 aromatic carbocycles. The Morgan fingerprint density at radius 3 is 2.53 bits per heavy atom. The number of carboxylic acid groups (broad SMARTS) is 1. The van der Waals surface area contributed by atoms with Gasteiger partial charge in [0.2, 0.25) is 0 Å². The van der Waals surface area contributed by atoms with Gasteiger partial charge in [-0.05, 0) is 41.8 Å². The highest BCUT2D eigenvalue weighted by molar-refractivity contribution is 8.26. The van der Waals surface area contributed by atoms with Crippen molar-refractivity contribution in [3.8, 4) is 22.8 Å². The van der Waals surface area contributed by atoms with E-state index in [0.29, 0.717) is 28.4 Å². The number of hydrogen-bond acceptors (Lipinski definition) is 7. The summed E-state index contributed by atoms with van der Waals surface area (Å²) in [6.45, 7) is 3.69. The molecule has 1 saturated heterocycles. The first kappa shape index (κ1) is 23.7. The fraction of sp³-hybridized carbons (Fsp3) is 0.304. The number of methoxy groups -OCH3 is 2. The average molecular weight is 473 g/mol. The van der Waals surface area contributed by atoms with Gasteiger partial charge in [-0.2, -0.15) is 0 Å². The molecule has 3 rings (SSSR count). The summed E-state index contributed by atoms with van der Waals surface area (Å²) in [4.78, 5) is 30.8. The summed E-state index contributed by atoms with van der Waals surface area (Å²) in [6, 6.07) is 8.24. The zero-order valence-corrected chi connectivity index (χ0v) is 19.8. The number of ether oxygens (including phenoxy) is 2. The maximum atomic E-state index is 12.9. The Morgan fingerprint density at radius 1 is 1.25 bits per heavy atom. The molecule has 1 aromatic heterocycles. The van der Waals surface area contributed by atoms with Gasteiger partial charge in [-0.15, -0.1) is 0 Å². The van der Waals surface area contributed by atoms with Gasteiger partial charge in [-0.1, -0.05) is 50.3 Å². The minimum Gasteiger partial charge on any atom is -0.493 e. The van der Waals surface area contributed by atoms with Crippen molar-refractivity contribution in [3.63, 3.8) is 0 Å². The van der Waals surface area contributed by atoms with Crippen LogP contribution < -0.4 is 9.47 Å². The lowest BCUT2D eigenvalue weighted by Crippen LogP contribution is -2.47. The Hall–Kier alpha value is -2.91. The highest BCUT2D eigenvalue weighted by Gasteiger charge is 2.42. The predicted octanol–water partition coefficient (Wildman–Crippen LogP) is 4.47. The van der Waals surface area contributed by atoms with E-state index in [-0.39, 0.29) is 10.2 Å². The summed E-state index contributed by atoms with van der Waals surface area (Å²) < 4.78 is 10.9. The van der Waals surface area contributed by atoms with Crippen LogP contribution in [0.25, 0.3) is 17.3 Å². The second-order valence-corrected chi connectivity index (χ2v) is 8.94. The second-order valence-electron chi connectivity index (χ2n) is 7.27. The molecule has 168 valence electrons. The molecule has 7 nitrogen and oxygen atoms in total. The lowest BCUT2D eigenvalue weighted by Gasteiger charge is -2.27. The fourth-order valence-corrected chi connectivity index (χ4v) is 4.69. The van der Waals surface area contributed by atoms with Crippen molar-refractivity contribution in [1.29, 1.82) is 0 Å². The van der Waals surface area contributed by atoms with Crippen molar-refractivity contribution < 1.29 is 24.2 Å². The van der Waals surface area contributed by atoms with E-state index in [9.17, 15) is 14.7 Å². The average Bonchev–Trinajstić information content (AvgIpc) is 3.06. The number of carbonyl (C=O) groups is 2. The molecule has 1 N–H and O–H groups in total. The highest BCUT2D eigenvalue weighted by atomic mass is 32.2. The molecule has 2 heterocycles. The van der Waals surface area contributed by atoms with Crippen LogP contribution in [0.2, 0.25) is 0 Å². The third-order valence-corrected chi connectivity index (χ3v) is 6.63. The fourth-order valence-electron chi connectivity index (χ4n) is 3.36. The van der Waals surface area contributed by atoms with E-state index in [1.807, 2.05) is 37.3 Å². The van der Waals surface area contributed by atoms with Crippen molar-refractivity contribution >= 4 is 46.3 Å². The van der Waals surface area contributed by atoms with Crippen LogP contribution in [0.4, 0.5) is 0 Å². The molecule has 32 heavy (non-hydrogen) atoms. The molecule has 2 atom stereocenters. The first-order valence-corrected chi connectivity index (χ1v) is 11.2. The number of carbonyl (C=O) groups excluding carboxylic acids is 1. The normalized spacial score (nSPS) is 16.9. The largest absolute Gasteiger partial charge is 0.493 e. The van der Waals surface area contributed by atoms with Gasteiger partial charge >= 0.3 is 5.97 Å². The van der Waals surface area contributed by atoms with Crippen LogP contribution in [-0.4, -0.2) is 51.4 Å². The molecule has 1 aliphatic heterocycles. The molecule has 0 spiro atoms. The third-order valence-electron chi connectivity index (χ3n) is 5.30. The number of hydrogen-bond donors (Lipinski definition) is 1. The van der Waals surface area contributed by atoms with Gasteiger partial charge in [0, 0.05) is 11.8 Å². The summed E-state index contributed by atoms with van der Waals surface area (Å²) in [6.07, 6.45) is 3.96. The molecular weight excluding hydrogens is 448 g/mol. The molecule has 0 radical (unpaired) electrons. The van der Waals surface area contributed by atoms with E-state index >= 15 is 0 Å².